The number of rotatable bonds is 5. The normalized spacial score (nSPS) is 11.4. The summed E-state index contributed by atoms with van der Waals surface area (Å²) in [5.41, 5.74) is 0.876. The van der Waals surface area contributed by atoms with Crippen LogP contribution in [0.5, 0.6) is 0 Å². The maximum absolute atomic E-state index is 12.3. The van der Waals surface area contributed by atoms with E-state index in [1.54, 1.807) is 38.1 Å². The molecule has 0 spiro atoms. The minimum atomic E-state index is -0.877. The standard InChI is InChI=1S/C15H18N6O3/c1-9(2)17-18-14(23)13-15(24)21(16)19-20(13)8-12(22)11-6-4-10(3)5-7-11/h4-7H,8H2,1-3H3,(H3-,16,18,19,23,24). The molecule has 0 aliphatic heterocycles. The zero-order chi connectivity index (χ0) is 17.9. The van der Waals surface area contributed by atoms with Crippen LogP contribution in [-0.2, 0) is 6.54 Å². The summed E-state index contributed by atoms with van der Waals surface area (Å²) in [4.78, 5) is 24.9. The van der Waals surface area contributed by atoms with Gasteiger partial charge >= 0.3 is 5.56 Å². The quantitative estimate of drug-likeness (QED) is 0.179. The molecular formula is C15H18N6O3. The number of nitrogens with zero attached hydrogens (tertiary/aromatic N) is 4. The molecule has 0 atom stereocenters. The van der Waals surface area contributed by atoms with Gasteiger partial charge in [0.15, 0.2) is 6.54 Å². The lowest BCUT2D eigenvalue weighted by Gasteiger charge is -2.05. The van der Waals surface area contributed by atoms with Crippen LogP contribution in [0.4, 0.5) is 0 Å². The van der Waals surface area contributed by atoms with Gasteiger partial charge in [-0.2, -0.15) is 10.2 Å². The minimum absolute atomic E-state index is 0.256. The molecule has 1 aromatic heterocycles. The number of carbonyl (C=O) groups excluding carboxylic acids is 1. The zero-order valence-electron chi connectivity index (χ0n) is 13.6. The second-order valence-corrected chi connectivity index (χ2v) is 5.45. The van der Waals surface area contributed by atoms with Gasteiger partial charge in [0, 0.05) is 11.3 Å². The van der Waals surface area contributed by atoms with Crippen molar-refractivity contribution < 1.29 is 14.6 Å². The number of aromatic nitrogens is 3. The van der Waals surface area contributed by atoms with Gasteiger partial charge < -0.3 is 5.11 Å². The Labute approximate surface area is 137 Å². The topological polar surface area (TPSA) is 133 Å². The smallest absolute Gasteiger partial charge is 0.425 e. The molecular weight excluding hydrogens is 312 g/mol. The summed E-state index contributed by atoms with van der Waals surface area (Å²) in [6.07, 6.45) is 0. The molecule has 24 heavy (non-hydrogen) atoms. The summed E-state index contributed by atoms with van der Waals surface area (Å²) in [6, 6.07) is 6.95. The zero-order valence-corrected chi connectivity index (χ0v) is 13.6. The summed E-state index contributed by atoms with van der Waals surface area (Å²) < 4.78 is 1.07. The number of hydrogen-bond donors (Lipinski definition) is 2. The van der Waals surface area contributed by atoms with Crippen LogP contribution in [0.25, 0.3) is 0 Å². The molecule has 0 radical (unpaired) electrons. The van der Waals surface area contributed by atoms with Gasteiger partial charge in [-0.1, -0.05) is 35.0 Å². The first-order valence-electron chi connectivity index (χ1n) is 7.15. The maximum Gasteiger partial charge on any atom is 0.425 e. The van der Waals surface area contributed by atoms with E-state index in [2.05, 4.69) is 15.4 Å². The van der Waals surface area contributed by atoms with E-state index in [-0.39, 0.29) is 18.0 Å². The number of benzene rings is 1. The highest BCUT2D eigenvalue weighted by Gasteiger charge is 2.23. The third-order valence-corrected chi connectivity index (χ3v) is 3.14. The average molecular weight is 330 g/mol. The molecule has 126 valence electrons. The summed E-state index contributed by atoms with van der Waals surface area (Å²) in [7, 11) is 0. The molecule has 9 nitrogen and oxygen atoms in total. The molecule has 0 saturated carbocycles. The Bertz CT molecular complexity index is 870. The number of Topliss-reactive ketones (excluding diaryl/α,β-unsaturated/α-hetero) is 1. The minimum Gasteiger partial charge on any atom is -0.854 e. The fraction of sp³-hybridized carbons (Fsp3) is 0.267. The van der Waals surface area contributed by atoms with E-state index in [4.69, 9.17) is 5.84 Å². The monoisotopic (exact) mass is 330 g/mol. The molecule has 2 rings (SSSR count). The van der Waals surface area contributed by atoms with Crippen LogP contribution in [-0.4, -0.2) is 27.4 Å². The SMILES string of the molecule is CC(C)=N/N=C(\[O-])c1c(=O)n(N)[nH][n+]1CC(=O)c1ccc(C)cc1. The largest absolute Gasteiger partial charge is 0.854 e. The number of nitrogens with one attached hydrogen (secondary N) is 1. The highest BCUT2D eigenvalue weighted by molar-refractivity contribution is 5.95. The van der Waals surface area contributed by atoms with Crippen molar-refractivity contribution in [2.45, 2.75) is 27.3 Å². The Kier molecular flexibility index (Phi) is 4.93. The van der Waals surface area contributed by atoms with Gasteiger partial charge in [0.05, 0.1) is 5.90 Å². The van der Waals surface area contributed by atoms with Crippen molar-refractivity contribution in [3.05, 3.63) is 51.4 Å². The number of aromatic amines is 1. The number of H-pyrrole nitrogens is 1. The van der Waals surface area contributed by atoms with Crippen molar-refractivity contribution in [1.29, 1.82) is 0 Å². The van der Waals surface area contributed by atoms with Crippen molar-refractivity contribution in [1.82, 2.24) is 10.0 Å². The van der Waals surface area contributed by atoms with Crippen LogP contribution >= 0.6 is 0 Å². The fourth-order valence-electron chi connectivity index (χ4n) is 1.94. The van der Waals surface area contributed by atoms with Crippen molar-refractivity contribution in [2.24, 2.45) is 10.2 Å². The molecule has 0 fully saturated rings. The van der Waals surface area contributed by atoms with Crippen LogP contribution in [0, 0.1) is 6.92 Å². The van der Waals surface area contributed by atoms with Gasteiger partial charge in [0.1, 0.15) is 0 Å². The molecule has 0 aliphatic carbocycles. The van der Waals surface area contributed by atoms with Crippen LogP contribution < -0.4 is 21.2 Å². The third kappa shape index (κ3) is 3.75. The third-order valence-electron chi connectivity index (χ3n) is 3.14. The number of hydrogen-bond acceptors (Lipinski definition) is 6. The van der Waals surface area contributed by atoms with Gasteiger partial charge in [-0.3, -0.25) is 4.79 Å². The van der Waals surface area contributed by atoms with Gasteiger partial charge in [0.25, 0.3) is 5.69 Å². The summed E-state index contributed by atoms with van der Waals surface area (Å²) in [5, 5.41) is 21.6. The summed E-state index contributed by atoms with van der Waals surface area (Å²) in [6.45, 7) is 4.96. The highest BCUT2D eigenvalue weighted by Crippen LogP contribution is 2.04. The maximum atomic E-state index is 12.3. The van der Waals surface area contributed by atoms with Crippen LogP contribution in [0.15, 0.2) is 39.3 Å². The molecule has 0 aliphatic rings. The first-order valence-corrected chi connectivity index (χ1v) is 7.15. The van der Waals surface area contributed by atoms with Crippen molar-refractivity contribution in [2.75, 3.05) is 5.84 Å². The molecule has 0 amide bonds. The average Bonchev–Trinajstić information content (AvgIpc) is 2.80. The fourth-order valence-corrected chi connectivity index (χ4v) is 1.94. The Hall–Kier alpha value is -3.23. The van der Waals surface area contributed by atoms with E-state index in [0.717, 1.165) is 10.2 Å². The Morgan fingerprint density at radius 1 is 1.29 bits per heavy atom. The number of ketones is 1. The second kappa shape index (κ2) is 6.90. The van der Waals surface area contributed by atoms with E-state index in [1.165, 1.54) is 0 Å². The van der Waals surface area contributed by atoms with E-state index in [1.807, 2.05) is 6.92 Å². The van der Waals surface area contributed by atoms with Crippen LogP contribution in [0.3, 0.4) is 0 Å². The number of nitrogen functional groups attached to an aromatic ring is 1. The molecule has 0 saturated heterocycles. The van der Waals surface area contributed by atoms with Gasteiger partial charge in [-0.15, -0.1) is 4.68 Å². The van der Waals surface area contributed by atoms with E-state index in [0.29, 0.717) is 16.1 Å². The molecule has 0 unspecified atom stereocenters. The first-order chi connectivity index (χ1) is 11.3. The lowest BCUT2D eigenvalue weighted by Crippen LogP contribution is -2.49. The Morgan fingerprint density at radius 3 is 2.50 bits per heavy atom. The predicted molar refractivity (Wildman–Crippen MR) is 86.2 cm³/mol. The first kappa shape index (κ1) is 17.1. The molecule has 0 bridgehead atoms. The van der Waals surface area contributed by atoms with Gasteiger partial charge in [-0.25, -0.2) is 10.6 Å². The van der Waals surface area contributed by atoms with E-state index >= 15 is 0 Å². The van der Waals surface area contributed by atoms with Gasteiger partial charge in [0.2, 0.25) is 5.78 Å². The Morgan fingerprint density at radius 2 is 1.92 bits per heavy atom. The molecule has 1 heterocycles. The van der Waals surface area contributed by atoms with Crippen LogP contribution in [0.1, 0.15) is 35.5 Å². The predicted octanol–water partition coefficient (Wildman–Crippen LogP) is -1.13. The van der Waals surface area contributed by atoms with Crippen molar-refractivity contribution in [3.8, 4) is 0 Å². The molecule has 1 aromatic carbocycles. The Balaban J connectivity index is 2.37. The van der Waals surface area contributed by atoms with Crippen molar-refractivity contribution in [3.63, 3.8) is 0 Å². The van der Waals surface area contributed by atoms with E-state index < -0.39 is 11.5 Å². The number of aryl methyl sites for hydroxylation is 1. The summed E-state index contributed by atoms with van der Waals surface area (Å²) >= 11 is 0. The van der Waals surface area contributed by atoms with Gasteiger partial charge in [-0.05, 0) is 25.6 Å². The summed E-state index contributed by atoms with van der Waals surface area (Å²) in [5.74, 6) is 4.29. The highest BCUT2D eigenvalue weighted by atomic mass is 16.3. The molecule has 2 aromatic rings. The lowest BCUT2D eigenvalue weighted by atomic mass is 10.1. The second-order valence-electron chi connectivity index (χ2n) is 5.45. The van der Waals surface area contributed by atoms with Crippen molar-refractivity contribution >= 4 is 17.4 Å². The lowest BCUT2D eigenvalue weighted by molar-refractivity contribution is -0.745. The molecule has 3 N–H and O–H groups in total. The number of carbonyl (C=O) groups is 1. The van der Waals surface area contributed by atoms with E-state index in [9.17, 15) is 14.7 Å². The molecule has 9 heteroatoms. The van der Waals surface area contributed by atoms with Crippen LogP contribution in [0.2, 0.25) is 0 Å². The number of nitrogens with two attached hydrogens (primary N) is 1.